The predicted molar refractivity (Wildman–Crippen MR) is 115 cm³/mol. The number of hydrogen-bond acceptors (Lipinski definition) is 6. The van der Waals surface area contributed by atoms with E-state index in [4.69, 9.17) is 4.74 Å². The van der Waals surface area contributed by atoms with Gasteiger partial charge in [0.25, 0.3) is 5.91 Å². The van der Waals surface area contributed by atoms with Gasteiger partial charge in [-0.25, -0.2) is 8.42 Å². The first-order valence-corrected chi connectivity index (χ1v) is 12.1. The first-order chi connectivity index (χ1) is 14.8. The molecule has 1 aliphatic heterocycles. The minimum absolute atomic E-state index is 0.136. The van der Waals surface area contributed by atoms with E-state index in [0.717, 1.165) is 38.2 Å². The molecule has 1 aliphatic carbocycles. The molecular formula is C21H29N3O6S. The number of hydrogen-bond donors (Lipinski definition) is 1. The van der Waals surface area contributed by atoms with Crippen molar-refractivity contribution in [2.75, 3.05) is 19.6 Å². The topological polar surface area (TPSA) is 119 Å². The third-order valence-electron chi connectivity index (χ3n) is 5.63. The zero-order valence-electron chi connectivity index (χ0n) is 17.7. The lowest BCUT2D eigenvalue weighted by molar-refractivity contribution is -0.386. The maximum Gasteiger partial charge on any atom is 0.312 e. The second-order valence-corrected chi connectivity index (χ2v) is 9.85. The molecule has 31 heavy (non-hydrogen) atoms. The first kappa shape index (κ1) is 23.2. The van der Waals surface area contributed by atoms with Crippen molar-refractivity contribution in [3.05, 3.63) is 40.0 Å². The summed E-state index contributed by atoms with van der Waals surface area (Å²) in [5.41, 5.74) is 0.859. The van der Waals surface area contributed by atoms with Crippen molar-refractivity contribution >= 4 is 21.6 Å². The highest BCUT2D eigenvalue weighted by Gasteiger charge is 2.30. The molecule has 1 unspecified atom stereocenters. The molecule has 1 heterocycles. The van der Waals surface area contributed by atoms with E-state index in [1.807, 2.05) is 0 Å². The van der Waals surface area contributed by atoms with Gasteiger partial charge in [0.05, 0.1) is 9.82 Å². The monoisotopic (exact) mass is 451 g/mol. The van der Waals surface area contributed by atoms with Crippen LogP contribution in [0.25, 0.3) is 0 Å². The lowest BCUT2D eigenvalue weighted by Crippen LogP contribution is -2.37. The van der Waals surface area contributed by atoms with Crippen LogP contribution in [0.2, 0.25) is 0 Å². The average molecular weight is 452 g/mol. The summed E-state index contributed by atoms with van der Waals surface area (Å²) in [4.78, 5) is 23.0. The van der Waals surface area contributed by atoms with E-state index in [0.29, 0.717) is 19.6 Å². The van der Waals surface area contributed by atoms with Crippen LogP contribution in [0.15, 0.2) is 34.7 Å². The number of rotatable bonds is 9. The minimum Gasteiger partial charge on any atom is -0.474 e. The van der Waals surface area contributed by atoms with Crippen molar-refractivity contribution in [3.63, 3.8) is 0 Å². The van der Waals surface area contributed by atoms with Gasteiger partial charge in [0.2, 0.25) is 10.0 Å². The highest BCUT2D eigenvalue weighted by atomic mass is 32.2. The number of nitro benzene ring substituents is 1. The van der Waals surface area contributed by atoms with Gasteiger partial charge in [-0.15, -0.1) is 0 Å². The Morgan fingerprint density at radius 2 is 2.00 bits per heavy atom. The Labute approximate surface area is 182 Å². The van der Waals surface area contributed by atoms with E-state index in [-0.39, 0.29) is 16.6 Å². The zero-order chi connectivity index (χ0) is 22.4. The van der Waals surface area contributed by atoms with Crippen LogP contribution in [0.5, 0.6) is 5.75 Å². The molecule has 9 nitrogen and oxygen atoms in total. The Hall–Kier alpha value is -2.46. The summed E-state index contributed by atoms with van der Waals surface area (Å²) in [5.74, 6) is -0.512. The number of benzene rings is 1. The molecule has 1 aromatic carbocycles. The average Bonchev–Trinajstić information content (AvgIpc) is 3.30. The molecule has 3 rings (SSSR count). The summed E-state index contributed by atoms with van der Waals surface area (Å²) < 4.78 is 32.2. The summed E-state index contributed by atoms with van der Waals surface area (Å²) in [7, 11) is -3.79. The third kappa shape index (κ3) is 5.82. The van der Waals surface area contributed by atoms with Crippen LogP contribution in [-0.4, -0.2) is 49.3 Å². The fourth-order valence-electron chi connectivity index (χ4n) is 3.84. The maximum absolute atomic E-state index is 12.7. The normalized spacial score (nSPS) is 18.3. The molecule has 1 atom stereocenters. The van der Waals surface area contributed by atoms with Crippen LogP contribution in [0.3, 0.4) is 0 Å². The predicted octanol–water partition coefficient (Wildman–Crippen LogP) is 3.15. The summed E-state index contributed by atoms with van der Waals surface area (Å²) in [5, 5.41) is 14.3. The lowest BCUT2D eigenvalue weighted by Gasteiger charge is -2.18. The molecule has 1 fully saturated rings. The summed E-state index contributed by atoms with van der Waals surface area (Å²) >= 11 is 0. The number of sulfonamides is 1. The van der Waals surface area contributed by atoms with Gasteiger partial charge < -0.3 is 10.1 Å². The number of allylic oxidation sites excluding steroid dienone is 1. The Bertz CT molecular complexity index is 954. The Morgan fingerprint density at radius 3 is 2.65 bits per heavy atom. The van der Waals surface area contributed by atoms with E-state index in [1.165, 1.54) is 41.8 Å². The number of carbonyl (C=O) groups is 1. The van der Waals surface area contributed by atoms with E-state index in [2.05, 4.69) is 11.4 Å². The molecule has 1 amide bonds. The van der Waals surface area contributed by atoms with Crippen molar-refractivity contribution < 1.29 is 22.9 Å². The lowest BCUT2D eigenvalue weighted by atomic mass is 9.97. The second-order valence-electron chi connectivity index (χ2n) is 7.91. The van der Waals surface area contributed by atoms with Gasteiger partial charge in [-0.2, -0.15) is 4.31 Å². The summed E-state index contributed by atoms with van der Waals surface area (Å²) in [6.45, 7) is 2.80. The van der Waals surface area contributed by atoms with Crippen molar-refractivity contribution in [2.45, 2.75) is 62.9 Å². The third-order valence-corrected chi connectivity index (χ3v) is 7.53. The Kier molecular flexibility index (Phi) is 7.66. The molecule has 0 spiro atoms. The standard InChI is InChI=1S/C21H29N3O6S/c1-16(21(25)22-12-11-17-7-3-2-4-8-17)30-20-10-9-18(15-19(20)24(26)27)31(28,29)23-13-5-6-14-23/h7,9-10,15-16H,2-6,8,11-14H2,1H3,(H,22,25). The van der Waals surface area contributed by atoms with Crippen molar-refractivity contribution in [2.24, 2.45) is 0 Å². The van der Waals surface area contributed by atoms with Crippen molar-refractivity contribution in [3.8, 4) is 5.75 Å². The van der Waals surface area contributed by atoms with Crippen molar-refractivity contribution in [1.29, 1.82) is 0 Å². The Balaban J connectivity index is 1.65. The van der Waals surface area contributed by atoms with Crippen LogP contribution in [0, 0.1) is 10.1 Å². The van der Waals surface area contributed by atoms with Crippen LogP contribution >= 0.6 is 0 Å². The number of nitrogens with zero attached hydrogens (tertiary/aromatic N) is 2. The number of carbonyl (C=O) groups excluding carboxylic acids is 1. The van der Waals surface area contributed by atoms with Gasteiger partial charge in [0.1, 0.15) is 0 Å². The molecule has 2 aliphatic rings. The summed E-state index contributed by atoms with van der Waals surface area (Å²) in [6.07, 6.45) is 8.10. The van der Waals surface area contributed by atoms with Crippen molar-refractivity contribution in [1.82, 2.24) is 9.62 Å². The second kappa shape index (κ2) is 10.2. The largest absolute Gasteiger partial charge is 0.474 e. The van der Waals surface area contributed by atoms with Gasteiger partial charge in [0, 0.05) is 25.7 Å². The molecule has 1 N–H and O–H groups in total. The quantitative estimate of drug-likeness (QED) is 0.350. The smallest absolute Gasteiger partial charge is 0.312 e. The van der Waals surface area contributed by atoms with Crippen LogP contribution in [0.4, 0.5) is 5.69 Å². The fourth-order valence-corrected chi connectivity index (χ4v) is 5.38. The number of nitrogens with one attached hydrogen (secondary N) is 1. The van der Waals surface area contributed by atoms with Crippen LogP contribution < -0.4 is 10.1 Å². The molecule has 0 saturated carbocycles. The molecule has 10 heteroatoms. The molecule has 170 valence electrons. The Morgan fingerprint density at radius 1 is 1.26 bits per heavy atom. The van der Waals surface area contributed by atoms with Gasteiger partial charge in [-0.05, 0) is 64.0 Å². The molecule has 0 bridgehead atoms. The molecule has 1 saturated heterocycles. The molecule has 0 radical (unpaired) electrons. The molecule has 1 aromatic rings. The number of nitro groups is 1. The van der Waals surface area contributed by atoms with Crippen LogP contribution in [-0.2, 0) is 14.8 Å². The number of amides is 1. The van der Waals surface area contributed by atoms with Gasteiger partial charge >= 0.3 is 5.69 Å². The van der Waals surface area contributed by atoms with E-state index < -0.39 is 26.7 Å². The molecule has 0 aromatic heterocycles. The fraction of sp³-hybridized carbons (Fsp3) is 0.571. The number of ether oxygens (including phenoxy) is 1. The highest BCUT2D eigenvalue weighted by molar-refractivity contribution is 7.89. The first-order valence-electron chi connectivity index (χ1n) is 10.7. The van der Waals surface area contributed by atoms with E-state index in [1.54, 1.807) is 0 Å². The highest BCUT2D eigenvalue weighted by Crippen LogP contribution is 2.32. The SMILES string of the molecule is CC(Oc1ccc(S(=O)(=O)N2CCCC2)cc1[N+](=O)[O-])C(=O)NCCC1=CCCCC1. The van der Waals surface area contributed by atoms with Gasteiger partial charge in [-0.3, -0.25) is 14.9 Å². The van der Waals surface area contributed by atoms with Crippen LogP contribution in [0.1, 0.15) is 51.9 Å². The minimum atomic E-state index is -3.79. The summed E-state index contributed by atoms with van der Waals surface area (Å²) in [6, 6.07) is 3.54. The zero-order valence-corrected chi connectivity index (χ0v) is 18.5. The van der Waals surface area contributed by atoms with Gasteiger partial charge in [-0.1, -0.05) is 11.6 Å². The molecular weight excluding hydrogens is 422 g/mol. The maximum atomic E-state index is 12.7. The van der Waals surface area contributed by atoms with E-state index >= 15 is 0 Å². The van der Waals surface area contributed by atoms with Gasteiger partial charge in [0.15, 0.2) is 11.9 Å². The van der Waals surface area contributed by atoms with E-state index in [9.17, 15) is 23.3 Å².